The van der Waals surface area contributed by atoms with Crippen molar-refractivity contribution < 1.29 is 9.84 Å². The molecule has 0 bridgehead atoms. The molecule has 0 saturated carbocycles. The zero-order valence-corrected chi connectivity index (χ0v) is 12.3. The Labute approximate surface area is 111 Å². The molecule has 1 N–H and O–H groups in total. The fraction of sp³-hybridized carbons (Fsp3) is 0.625. The quantitative estimate of drug-likeness (QED) is 0.809. The minimum atomic E-state index is 0.0864. The normalized spacial score (nSPS) is 11.7. The number of aliphatic hydroxyl groups is 1. The molecule has 0 amide bonds. The fourth-order valence-corrected chi connectivity index (χ4v) is 2.26. The van der Waals surface area contributed by atoms with E-state index in [1.54, 1.807) is 7.11 Å². The van der Waals surface area contributed by atoms with E-state index in [9.17, 15) is 0 Å². The van der Waals surface area contributed by atoms with Gasteiger partial charge in [0.05, 0.1) is 7.11 Å². The van der Waals surface area contributed by atoms with Gasteiger partial charge in [-0.25, -0.2) is 0 Å². The van der Waals surface area contributed by atoms with Gasteiger partial charge < -0.3 is 9.84 Å². The van der Waals surface area contributed by atoms with Gasteiger partial charge in [-0.3, -0.25) is 0 Å². The molecule has 0 heterocycles. The SMILES string of the molecule is COc1c(C)cc(CCCCO)cc1C(C)(C)C. The van der Waals surface area contributed by atoms with Crippen molar-refractivity contribution in [3.8, 4) is 5.75 Å². The maximum absolute atomic E-state index is 8.84. The molecule has 2 heteroatoms. The molecule has 0 atom stereocenters. The van der Waals surface area contributed by atoms with Crippen molar-refractivity contribution in [1.29, 1.82) is 0 Å². The van der Waals surface area contributed by atoms with Crippen molar-refractivity contribution in [1.82, 2.24) is 0 Å². The van der Waals surface area contributed by atoms with Crippen LogP contribution in [-0.4, -0.2) is 18.8 Å². The predicted molar refractivity (Wildman–Crippen MR) is 76.5 cm³/mol. The van der Waals surface area contributed by atoms with Crippen LogP contribution in [0.25, 0.3) is 0 Å². The number of rotatable bonds is 5. The summed E-state index contributed by atoms with van der Waals surface area (Å²) < 4.78 is 5.54. The first-order valence-corrected chi connectivity index (χ1v) is 6.69. The third-order valence-corrected chi connectivity index (χ3v) is 3.22. The van der Waals surface area contributed by atoms with Crippen molar-refractivity contribution in [2.75, 3.05) is 13.7 Å². The van der Waals surface area contributed by atoms with Crippen LogP contribution in [0.15, 0.2) is 12.1 Å². The monoisotopic (exact) mass is 250 g/mol. The van der Waals surface area contributed by atoms with E-state index < -0.39 is 0 Å². The fourth-order valence-electron chi connectivity index (χ4n) is 2.26. The van der Waals surface area contributed by atoms with E-state index in [-0.39, 0.29) is 12.0 Å². The second-order valence-electron chi connectivity index (χ2n) is 5.92. The molecule has 0 fully saturated rings. The van der Waals surface area contributed by atoms with E-state index >= 15 is 0 Å². The number of aliphatic hydroxyl groups excluding tert-OH is 1. The standard InChI is InChI=1S/C16H26O2/c1-12-10-13(8-6-7-9-17)11-14(15(12)18-5)16(2,3)4/h10-11,17H,6-9H2,1-5H3. The zero-order chi connectivity index (χ0) is 13.8. The summed E-state index contributed by atoms with van der Waals surface area (Å²) in [6.45, 7) is 9.01. The first-order chi connectivity index (χ1) is 8.40. The molecule has 2 nitrogen and oxygen atoms in total. The summed E-state index contributed by atoms with van der Waals surface area (Å²) >= 11 is 0. The lowest BCUT2D eigenvalue weighted by molar-refractivity contribution is 0.284. The predicted octanol–water partition coefficient (Wildman–Crippen LogP) is 3.62. The minimum Gasteiger partial charge on any atom is -0.496 e. The summed E-state index contributed by atoms with van der Waals surface area (Å²) in [4.78, 5) is 0. The number of hydrogen-bond donors (Lipinski definition) is 1. The van der Waals surface area contributed by atoms with Crippen molar-refractivity contribution in [3.63, 3.8) is 0 Å². The Hall–Kier alpha value is -1.02. The van der Waals surface area contributed by atoms with Gasteiger partial charge in [0.15, 0.2) is 0 Å². The molecule has 102 valence electrons. The van der Waals surface area contributed by atoms with Crippen molar-refractivity contribution in [3.05, 3.63) is 28.8 Å². The van der Waals surface area contributed by atoms with Crippen LogP contribution in [-0.2, 0) is 11.8 Å². The molecule has 0 aromatic heterocycles. The third-order valence-electron chi connectivity index (χ3n) is 3.22. The van der Waals surface area contributed by atoms with Crippen LogP contribution in [0.5, 0.6) is 5.75 Å². The van der Waals surface area contributed by atoms with Crippen molar-refractivity contribution in [2.45, 2.75) is 52.4 Å². The molecule has 1 aromatic carbocycles. The van der Waals surface area contributed by atoms with Gasteiger partial charge in [0.1, 0.15) is 5.75 Å². The highest BCUT2D eigenvalue weighted by Gasteiger charge is 2.20. The lowest BCUT2D eigenvalue weighted by Crippen LogP contribution is -2.14. The van der Waals surface area contributed by atoms with Gasteiger partial charge in [0.25, 0.3) is 0 Å². The van der Waals surface area contributed by atoms with E-state index in [1.165, 1.54) is 16.7 Å². The molecular weight excluding hydrogens is 224 g/mol. The highest BCUT2D eigenvalue weighted by atomic mass is 16.5. The Bertz CT molecular complexity index is 389. The van der Waals surface area contributed by atoms with Gasteiger partial charge in [0.2, 0.25) is 0 Å². The summed E-state index contributed by atoms with van der Waals surface area (Å²) in [5.41, 5.74) is 3.89. The van der Waals surface area contributed by atoms with Crippen LogP contribution in [0.4, 0.5) is 0 Å². The van der Waals surface area contributed by atoms with Crippen molar-refractivity contribution >= 4 is 0 Å². The van der Waals surface area contributed by atoms with Crippen LogP contribution >= 0.6 is 0 Å². The zero-order valence-electron chi connectivity index (χ0n) is 12.3. The summed E-state index contributed by atoms with van der Waals surface area (Å²) in [6, 6.07) is 4.45. The second kappa shape index (κ2) is 6.24. The van der Waals surface area contributed by atoms with Crippen LogP contribution in [0, 0.1) is 6.92 Å². The molecule has 0 spiro atoms. The van der Waals surface area contributed by atoms with Crippen LogP contribution in [0.2, 0.25) is 0 Å². The molecular formula is C16H26O2. The summed E-state index contributed by atoms with van der Waals surface area (Å²) in [7, 11) is 1.74. The summed E-state index contributed by atoms with van der Waals surface area (Å²) in [6.07, 6.45) is 2.93. The number of unbranched alkanes of at least 4 members (excludes halogenated alkanes) is 1. The second-order valence-corrected chi connectivity index (χ2v) is 5.92. The van der Waals surface area contributed by atoms with Gasteiger partial charge in [0, 0.05) is 12.2 Å². The van der Waals surface area contributed by atoms with Gasteiger partial charge in [-0.05, 0) is 42.7 Å². The Morgan fingerprint density at radius 3 is 2.33 bits per heavy atom. The molecule has 1 rings (SSSR count). The topological polar surface area (TPSA) is 29.5 Å². The highest BCUT2D eigenvalue weighted by Crippen LogP contribution is 2.35. The third kappa shape index (κ3) is 3.74. The lowest BCUT2D eigenvalue weighted by atomic mass is 9.83. The summed E-state index contributed by atoms with van der Waals surface area (Å²) in [5.74, 6) is 1.01. The molecule has 1 aromatic rings. The Morgan fingerprint density at radius 1 is 1.17 bits per heavy atom. The Balaban J connectivity index is 3.06. The molecule has 18 heavy (non-hydrogen) atoms. The van der Waals surface area contributed by atoms with Gasteiger partial charge in [-0.2, -0.15) is 0 Å². The molecule has 0 aliphatic rings. The Kier molecular flexibility index (Phi) is 5.21. The Morgan fingerprint density at radius 2 is 1.83 bits per heavy atom. The molecule has 0 aliphatic heterocycles. The van der Waals surface area contributed by atoms with Gasteiger partial charge >= 0.3 is 0 Å². The van der Waals surface area contributed by atoms with Crippen LogP contribution in [0.3, 0.4) is 0 Å². The van der Waals surface area contributed by atoms with Gasteiger partial charge in [-0.1, -0.05) is 32.9 Å². The van der Waals surface area contributed by atoms with Crippen LogP contribution < -0.4 is 4.74 Å². The van der Waals surface area contributed by atoms with E-state index in [4.69, 9.17) is 9.84 Å². The average molecular weight is 250 g/mol. The van der Waals surface area contributed by atoms with E-state index in [0.29, 0.717) is 0 Å². The largest absolute Gasteiger partial charge is 0.496 e. The summed E-state index contributed by atoms with van der Waals surface area (Å²) in [5, 5.41) is 8.84. The number of aryl methyl sites for hydroxylation is 2. The molecule has 0 radical (unpaired) electrons. The number of ether oxygens (including phenoxy) is 1. The molecule has 0 saturated heterocycles. The lowest BCUT2D eigenvalue weighted by Gasteiger charge is -2.24. The van der Waals surface area contributed by atoms with Crippen LogP contribution in [0.1, 0.15) is 50.3 Å². The first kappa shape index (κ1) is 15.0. The van der Waals surface area contributed by atoms with Crippen molar-refractivity contribution in [2.24, 2.45) is 0 Å². The smallest absolute Gasteiger partial charge is 0.125 e. The molecule has 0 unspecified atom stereocenters. The van der Waals surface area contributed by atoms with E-state index in [1.807, 2.05) is 0 Å². The van der Waals surface area contributed by atoms with E-state index in [0.717, 1.165) is 25.0 Å². The maximum atomic E-state index is 8.84. The number of benzene rings is 1. The van der Waals surface area contributed by atoms with Gasteiger partial charge in [-0.15, -0.1) is 0 Å². The highest BCUT2D eigenvalue weighted by molar-refractivity contribution is 5.47. The number of hydrogen-bond acceptors (Lipinski definition) is 2. The molecule has 0 aliphatic carbocycles. The minimum absolute atomic E-state index is 0.0864. The maximum Gasteiger partial charge on any atom is 0.125 e. The van der Waals surface area contributed by atoms with E-state index in [2.05, 4.69) is 39.8 Å². The number of methoxy groups -OCH3 is 1. The first-order valence-electron chi connectivity index (χ1n) is 6.69. The average Bonchev–Trinajstić information content (AvgIpc) is 2.27.